The van der Waals surface area contributed by atoms with Crippen LogP contribution in [0.3, 0.4) is 0 Å². The topological polar surface area (TPSA) is 88.4 Å². The summed E-state index contributed by atoms with van der Waals surface area (Å²) in [5.41, 5.74) is 0.0808. The minimum Gasteiger partial charge on any atom is -0.479 e. The molecule has 2 aromatic carbocycles. The lowest BCUT2D eigenvalue weighted by Gasteiger charge is -2.18. The third kappa shape index (κ3) is 5.51. The SMILES string of the molecule is C[C@H](OC(=O)[C@H](C)Oc1ccc(C#N)cc1)C(=O)Nc1cc(F)ccc1F. The first-order chi connectivity index (χ1) is 12.8. The van der Waals surface area contributed by atoms with Crippen molar-refractivity contribution in [3.8, 4) is 11.8 Å². The number of amides is 1. The van der Waals surface area contributed by atoms with E-state index in [4.69, 9.17) is 14.7 Å². The molecule has 6 nitrogen and oxygen atoms in total. The van der Waals surface area contributed by atoms with E-state index in [9.17, 15) is 18.4 Å². The molecule has 140 valence electrons. The molecule has 0 unspecified atom stereocenters. The standard InChI is InChI=1S/C19H16F2N2O4/c1-11(18(24)23-17-9-14(20)5-8-16(17)21)27-19(25)12(2)26-15-6-3-13(10-22)4-7-15/h3-9,11-12H,1-2H3,(H,23,24)/t11-,12-/m0/s1. The Morgan fingerprint density at radius 3 is 2.37 bits per heavy atom. The van der Waals surface area contributed by atoms with Crippen LogP contribution in [0.4, 0.5) is 14.5 Å². The van der Waals surface area contributed by atoms with Crippen molar-refractivity contribution in [3.05, 3.63) is 59.7 Å². The van der Waals surface area contributed by atoms with Crippen LogP contribution in [0.2, 0.25) is 0 Å². The van der Waals surface area contributed by atoms with Gasteiger partial charge in [0.25, 0.3) is 5.91 Å². The minimum atomic E-state index is -1.26. The molecule has 0 aliphatic carbocycles. The van der Waals surface area contributed by atoms with E-state index in [1.54, 1.807) is 0 Å². The Morgan fingerprint density at radius 2 is 1.74 bits per heavy atom. The number of nitriles is 1. The molecule has 1 N–H and O–H groups in total. The van der Waals surface area contributed by atoms with E-state index in [0.29, 0.717) is 11.3 Å². The van der Waals surface area contributed by atoms with Crippen LogP contribution in [-0.4, -0.2) is 24.1 Å². The van der Waals surface area contributed by atoms with Gasteiger partial charge in [-0.1, -0.05) is 0 Å². The normalized spacial score (nSPS) is 12.4. The van der Waals surface area contributed by atoms with Gasteiger partial charge in [-0.05, 0) is 50.2 Å². The summed E-state index contributed by atoms with van der Waals surface area (Å²) < 4.78 is 37.1. The zero-order valence-corrected chi connectivity index (χ0v) is 14.5. The van der Waals surface area contributed by atoms with Gasteiger partial charge < -0.3 is 14.8 Å². The van der Waals surface area contributed by atoms with E-state index in [0.717, 1.165) is 18.2 Å². The fourth-order valence-corrected chi connectivity index (χ4v) is 2.01. The molecule has 2 rings (SSSR count). The number of esters is 1. The van der Waals surface area contributed by atoms with Crippen LogP contribution in [0, 0.1) is 23.0 Å². The molecule has 0 aliphatic heterocycles. The molecule has 0 saturated carbocycles. The van der Waals surface area contributed by atoms with Gasteiger partial charge in [0, 0.05) is 6.07 Å². The first kappa shape index (κ1) is 19.8. The summed E-state index contributed by atoms with van der Waals surface area (Å²) >= 11 is 0. The Morgan fingerprint density at radius 1 is 1.07 bits per heavy atom. The Labute approximate surface area is 154 Å². The summed E-state index contributed by atoms with van der Waals surface area (Å²) in [6.07, 6.45) is -2.29. The smallest absolute Gasteiger partial charge is 0.347 e. The first-order valence-corrected chi connectivity index (χ1v) is 7.93. The molecule has 0 aliphatic rings. The number of anilines is 1. The minimum absolute atomic E-state index is 0.345. The Hall–Kier alpha value is -3.47. The predicted molar refractivity (Wildman–Crippen MR) is 91.8 cm³/mol. The molecule has 0 heterocycles. The van der Waals surface area contributed by atoms with E-state index < -0.39 is 35.7 Å². The molecule has 0 bridgehead atoms. The molecule has 27 heavy (non-hydrogen) atoms. The zero-order valence-electron chi connectivity index (χ0n) is 14.5. The molecule has 0 fully saturated rings. The molecule has 2 aromatic rings. The van der Waals surface area contributed by atoms with Crippen molar-refractivity contribution >= 4 is 17.6 Å². The van der Waals surface area contributed by atoms with Gasteiger partial charge in [-0.3, -0.25) is 4.79 Å². The molecule has 8 heteroatoms. The quantitative estimate of drug-likeness (QED) is 0.785. The second-order valence-corrected chi connectivity index (χ2v) is 5.59. The first-order valence-electron chi connectivity index (χ1n) is 7.93. The number of benzene rings is 2. The lowest BCUT2D eigenvalue weighted by molar-refractivity contribution is -0.159. The van der Waals surface area contributed by atoms with Crippen LogP contribution in [-0.2, 0) is 14.3 Å². The summed E-state index contributed by atoms with van der Waals surface area (Å²) in [5, 5.41) is 10.9. The van der Waals surface area contributed by atoms with Crippen molar-refractivity contribution in [2.24, 2.45) is 0 Å². The van der Waals surface area contributed by atoms with Gasteiger partial charge in [0.15, 0.2) is 12.2 Å². The number of hydrogen-bond acceptors (Lipinski definition) is 5. The Bertz CT molecular complexity index is 878. The number of carbonyl (C=O) groups excluding carboxylic acids is 2. The highest BCUT2D eigenvalue weighted by molar-refractivity contribution is 5.95. The fourth-order valence-electron chi connectivity index (χ4n) is 2.01. The highest BCUT2D eigenvalue weighted by Crippen LogP contribution is 2.17. The zero-order chi connectivity index (χ0) is 20.0. The van der Waals surface area contributed by atoms with Crippen LogP contribution in [0.5, 0.6) is 5.75 Å². The number of hydrogen-bond donors (Lipinski definition) is 1. The lowest BCUT2D eigenvalue weighted by Crippen LogP contribution is -2.35. The maximum absolute atomic E-state index is 13.6. The van der Waals surface area contributed by atoms with Crippen molar-refractivity contribution in [1.29, 1.82) is 5.26 Å². The van der Waals surface area contributed by atoms with E-state index >= 15 is 0 Å². The fraction of sp³-hybridized carbons (Fsp3) is 0.211. The van der Waals surface area contributed by atoms with E-state index in [1.807, 2.05) is 6.07 Å². The Balaban J connectivity index is 1.92. The number of nitrogens with zero attached hydrogens (tertiary/aromatic N) is 1. The van der Waals surface area contributed by atoms with Crippen LogP contribution < -0.4 is 10.1 Å². The average molecular weight is 374 g/mol. The largest absolute Gasteiger partial charge is 0.479 e. The van der Waals surface area contributed by atoms with Gasteiger partial charge >= 0.3 is 5.97 Å². The van der Waals surface area contributed by atoms with Crippen LogP contribution in [0.1, 0.15) is 19.4 Å². The summed E-state index contributed by atoms with van der Waals surface area (Å²) in [6, 6.07) is 10.6. The van der Waals surface area contributed by atoms with Crippen molar-refractivity contribution in [2.75, 3.05) is 5.32 Å². The molecular weight excluding hydrogens is 358 g/mol. The average Bonchev–Trinajstić information content (AvgIpc) is 2.65. The summed E-state index contributed by atoms with van der Waals surface area (Å²) in [4.78, 5) is 24.1. The van der Waals surface area contributed by atoms with Crippen molar-refractivity contribution in [1.82, 2.24) is 0 Å². The molecular formula is C19H16F2N2O4. The van der Waals surface area contributed by atoms with Crippen LogP contribution in [0.15, 0.2) is 42.5 Å². The molecule has 0 saturated heterocycles. The molecule has 1 amide bonds. The second kappa shape index (κ2) is 8.76. The monoisotopic (exact) mass is 374 g/mol. The summed E-state index contributed by atoms with van der Waals surface area (Å²) in [7, 11) is 0. The Kier molecular flexibility index (Phi) is 6.44. The van der Waals surface area contributed by atoms with Crippen molar-refractivity contribution in [2.45, 2.75) is 26.1 Å². The third-order valence-corrected chi connectivity index (χ3v) is 3.48. The molecule has 2 atom stereocenters. The van der Waals surface area contributed by atoms with Crippen molar-refractivity contribution in [3.63, 3.8) is 0 Å². The van der Waals surface area contributed by atoms with Gasteiger partial charge in [-0.25, -0.2) is 13.6 Å². The highest BCUT2D eigenvalue weighted by atomic mass is 19.1. The van der Waals surface area contributed by atoms with Crippen LogP contribution >= 0.6 is 0 Å². The van der Waals surface area contributed by atoms with E-state index in [1.165, 1.54) is 38.1 Å². The number of nitrogens with one attached hydrogen (secondary N) is 1. The number of rotatable bonds is 6. The van der Waals surface area contributed by atoms with Crippen molar-refractivity contribution < 1.29 is 27.8 Å². The summed E-state index contributed by atoms with van der Waals surface area (Å²) in [6.45, 7) is 2.72. The number of ether oxygens (including phenoxy) is 2. The second-order valence-electron chi connectivity index (χ2n) is 5.59. The van der Waals surface area contributed by atoms with Crippen LogP contribution in [0.25, 0.3) is 0 Å². The van der Waals surface area contributed by atoms with E-state index in [-0.39, 0.29) is 5.69 Å². The number of carbonyl (C=O) groups is 2. The van der Waals surface area contributed by atoms with Gasteiger partial charge in [0.2, 0.25) is 0 Å². The van der Waals surface area contributed by atoms with Gasteiger partial charge in [-0.2, -0.15) is 5.26 Å². The van der Waals surface area contributed by atoms with Gasteiger partial charge in [0.05, 0.1) is 17.3 Å². The molecule has 0 aromatic heterocycles. The maximum Gasteiger partial charge on any atom is 0.347 e. The third-order valence-electron chi connectivity index (χ3n) is 3.48. The van der Waals surface area contributed by atoms with Gasteiger partial charge in [-0.15, -0.1) is 0 Å². The predicted octanol–water partition coefficient (Wildman–Crippen LogP) is 3.17. The summed E-state index contributed by atoms with van der Waals surface area (Å²) in [5.74, 6) is -2.83. The van der Waals surface area contributed by atoms with Gasteiger partial charge in [0.1, 0.15) is 17.4 Å². The number of halogens is 2. The maximum atomic E-state index is 13.6. The van der Waals surface area contributed by atoms with E-state index in [2.05, 4.69) is 5.32 Å². The molecule has 0 spiro atoms. The molecule has 0 radical (unpaired) electrons. The lowest BCUT2D eigenvalue weighted by atomic mass is 10.2. The highest BCUT2D eigenvalue weighted by Gasteiger charge is 2.24.